The SMILES string of the molecule is C1=C(c2ccccc2)CCN(C[C@@H]2CCC=C(c3cncnc3)C2)C1. The minimum absolute atomic E-state index is 0.742. The van der Waals surface area contributed by atoms with E-state index in [1.807, 2.05) is 12.4 Å². The van der Waals surface area contributed by atoms with Crippen molar-refractivity contribution in [2.45, 2.75) is 25.7 Å². The van der Waals surface area contributed by atoms with Crippen molar-refractivity contribution >= 4 is 11.1 Å². The zero-order valence-electron chi connectivity index (χ0n) is 14.6. The lowest BCUT2D eigenvalue weighted by Crippen LogP contribution is -2.33. The van der Waals surface area contributed by atoms with Gasteiger partial charge in [0.15, 0.2) is 0 Å². The Morgan fingerprint density at radius 3 is 2.56 bits per heavy atom. The van der Waals surface area contributed by atoms with Crippen molar-refractivity contribution in [3.8, 4) is 0 Å². The molecule has 1 atom stereocenters. The van der Waals surface area contributed by atoms with Crippen molar-refractivity contribution in [3.63, 3.8) is 0 Å². The van der Waals surface area contributed by atoms with Gasteiger partial charge in [0.2, 0.25) is 0 Å². The van der Waals surface area contributed by atoms with E-state index in [4.69, 9.17) is 0 Å². The molecule has 0 N–H and O–H groups in total. The zero-order valence-corrected chi connectivity index (χ0v) is 14.6. The third-order valence-corrected chi connectivity index (χ3v) is 5.36. The molecule has 0 saturated heterocycles. The van der Waals surface area contributed by atoms with Crippen LogP contribution < -0.4 is 0 Å². The lowest BCUT2D eigenvalue weighted by Gasteiger charge is -2.32. The number of hydrogen-bond acceptors (Lipinski definition) is 3. The molecule has 0 spiro atoms. The number of nitrogens with zero attached hydrogens (tertiary/aromatic N) is 3. The Morgan fingerprint density at radius 2 is 1.80 bits per heavy atom. The molecule has 2 heterocycles. The number of aromatic nitrogens is 2. The Balaban J connectivity index is 1.35. The van der Waals surface area contributed by atoms with Crippen molar-refractivity contribution < 1.29 is 0 Å². The molecule has 25 heavy (non-hydrogen) atoms. The lowest BCUT2D eigenvalue weighted by molar-refractivity contribution is 0.244. The molecule has 1 aromatic carbocycles. The van der Waals surface area contributed by atoms with Crippen molar-refractivity contribution in [2.75, 3.05) is 19.6 Å². The van der Waals surface area contributed by atoms with Gasteiger partial charge in [-0.25, -0.2) is 9.97 Å². The molecule has 2 aliphatic rings. The molecule has 1 aliphatic heterocycles. The van der Waals surface area contributed by atoms with E-state index in [1.165, 1.54) is 48.2 Å². The van der Waals surface area contributed by atoms with Gasteiger partial charge in [0.1, 0.15) is 6.33 Å². The van der Waals surface area contributed by atoms with E-state index in [1.54, 1.807) is 6.33 Å². The van der Waals surface area contributed by atoms with Crippen LogP contribution in [0.1, 0.15) is 36.8 Å². The van der Waals surface area contributed by atoms with E-state index in [0.29, 0.717) is 0 Å². The van der Waals surface area contributed by atoms with Crippen molar-refractivity contribution in [2.24, 2.45) is 5.92 Å². The van der Waals surface area contributed by atoms with Gasteiger partial charge in [-0.05, 0) is 48.3 Å². The Labute approximate surface area is 150 Å². The number of rotatable bonds is 4. The van der Waals surface area contributed by atoms with E-state index in [9.17, 15) is 0 Å². The van der Waals surface area contributed by atoms with Gasteiger partial charge in [0.25, 0.3) is 0 Å². The Kier molecular flexibility index (Phi) is 5.03. The summed E-state index contributed by atoms with van der Waals surface area (Å²) in [5, 5.41) is 0. The summed E-state index contributed by atoms with van der Waals surface area (Å²) in [6.07, 6.45) is 15.1. The molecular weight excluding hydrogens is 306 g/mol. The monoisotopic (exact) mass is 331 g/mol. The van der Waals surface area contributed by atoms with Crippen LogP contribution in [0, 0.1) is 5.92 Å². The van der Waals surface area contributed by atoms with Crippen LogP contribution in [-0.4, -0.2) is 34.5 Å². The molecule has 3 nitrogen and oxygen atoms in total. The number of allylic oxidation sites excluding steroid dienone is 2. The second-order valence-electron chi connectivity index (χ2n) is 7.11. The predicted molar refractivity (Wildman–Crippen MR) is 103 cm³/mol. The number of benzene rings is 1. The molecule has 0 radical (unpaired) electrons. The van der Waals surface area contributed by atoms with Gasteiger partial charge in [-0.2, -0.15) is 0 Å². The molecule has 1 aromatic heterocycles. The smallest absolute Gasteiger partial charge is 0.115 e. The van der Waals surface area contributed by atoms with E-state index >= 15 is 0 Å². The average Bonchev–Trinajstić information content (AvgIpc) is 2.70. The van der Waals surface area contributed by atoms with Gasteiger partial charge in [-0.1, -0.05) is 42.5 Å². The van der Waals surface area contributed by atoms with Gasteiger partial charge in [0, 0.05) is 37.6 Å². The highest BCUT2D eigenvalue weighted by molar-refractivity contribution is 5.66. The summed E-state index contributed by atoms with van der Waals surface area (Å²) in [5.74, 6) is 0.742. The summed E-state index contributed by atoms with van der Waals surface area (Å²) in [7, 11) is 0. The molecule has 1 aliphatic carbocycles. The van der Waals surface area contributed by atoms with Crippen LogP contribution >= 0.6 is 0 Å². The van der Waals surface area contributed by atoms with Crippen molar-refractivity contribution in [3.05, 3.63) is 72.3 Å². The summed E-state index contributed by atoms with van der Waals surface area (Å²) >= 11 is 0. The second-order valence-corrected chi connectivity index (χ2v) is 7.11. The topological polar surface area (TPSA) is 29.0 Å². The maximum atomic E-state index is 4.17. The largest absolute Gasteiger partial charge is 0.299 e. The first-order valence-electron chi connectivity index (χ1n) is 9.30. The highest BCUT2D eigenvalue weighted by Gasteiger charge is 2.21. The quantitative estimate of drug-likeness (QED) is 0.829. The van der Waals surface area contributed by atoms with Gasteiger partial charge >= 0.3 is 0 Å². The summed E-state index contributed by atoms with van der Waals surface area (Å²) in [6.45, 7) is 3.45. The summed E-state index contributed by atoms with van der Waals surface area (Å²) in [5.41, 5.74) is 5.50. The van der Waals surface area contributed by atoms with E-state index in [2.05, 4.69) is 57.4 Å². The fourth-order valence-electron chi connectivity index (χ4n) is 4.00. The van der Waals surface area contributed by atoms with E-state index < -0.39 is 0 Å². The molecule has 0 unspecified atom stereocenters. The van der Waals surface area contributed by atoms with Gasteiger partial charge in [0.05, 0.1) is 0 Å². The normalized spacial score (nSPS) is 21.5. The molecule has 2 aromatic rings. The molecule has 3 heteroatoms. The van der Waals surface area contributed by atoms with Crippen LogP contribution in [0.5, 0.6) is 0 Å². The molecule has 0 fully saturated rings. The Hall–Kier alpha value is -2.26. The molecule has 0 saturated carbocycles. The van der Waals surface area contributed by atoms with E-state index in [0.717, 1.165) is 25.3 Å². The molecule has 4 rings (SSSR count). The van der Waals surface area contributed by atoms with Crippen molar-refractivity contribution in [1.29, 1.82) is 0 Å². The Bertz CT molecular complexity index is 749. The first kappa shape index (κ1) is 16.2. The van der Waals surface area contributed by atoms with Crippen LogP contribution in [0.25, 0.3) is 11.1 Å². The van der Waals surface area contributed by atoms with Gasteiger partial charge in [-0.3, -0.25) is 4.90 Å². The van der Waals surface area contributed by atoms with E-state index in [-0.39, 0.29) is 0 Å². The number of hydrogen-bond donors (Lipinski definition) is 0. The fraction of sp³-hybridized carbons (Fsp3) is 0.364. The first-order valence-corrected chi connectivity index (χ1v) is 9.30. The lowest BCUT2D eigenvalue weighted by atomic mass is 9.85. The summed E-state index contributed by atoms with van der Waals surface area (Å²) in [4.78, 5) is 10.9. The maximum absolute atomic E-state index is 4.17. The van der Waals surface area contributed by atoms with Crippen LogP contribution in [0.2, 0.25) is 0 Å². The molecular formula is C22H25N3. The van der Waals surface area contributed by atoms with Crippen LogP contribution in [0.15, 0.2) is 61.2 Å². The second kappa shape index (κ2) is 7.75. The summed E-state index contributed by atoms with van der Waals surface area (Å²) < 4.78 is 0. The molecule has 0 amide bonds. The highest BCUT2D eigenvalue weighted by atomic mass is 15.1. The molecule has 0 bridgehead atoms. The van der Waals surface area contributed by atoms with Gasteiger partial charge < -0.3 is 0 Å². The summed E-state index contributed by atoms with van der Waals surface area (Å²) in [6, 6.07) is 10.8. The van der Waals surface area contributed by atoms with Crippen LogP contribution in [0.3, 0.4) is 0 Å². The maximum Gasteiger partial charge on any atom is 0.115 e. The highest BCUT2D eigenvalue weighted by Crippen LogP contribution is 2.31. The third kappa shape index (κ3) is 4.05. The Morgan fingerprint density at radius 1 is 0.960 bits per heavy atom. The minimum Gasteiger partial charge on any atom is -0.299 e. The third-order valence-electron chi connectivity index (χ3n) is 5.36. The zero-order chi connectivity index (χ0) is 16.9. The van der Waals surface area contributed by atoms with Crippen LogP contribution in [-0.2, 0) is 0 Å². The van der Waals surface area contributed by atoms with Gasteiger partial charge in [-0.15, -0.1) is 0 Å². The van der Waals surface area contributed by atoms with Crippen molar-refractivity contribution in [1.82, 2.24) is 14.9 Å². The predicted octanol–water partition coefficient (Wildman–Crippen LogP) is 4.45. The first-order chi connectivity index (χ1) is 12.4. The van der Waals surface area contributed by atoms with Crippen LogP contribution in [0.4, 0.5) is 0 Å². The standard InChI is InChI=1S/C22H25N3/c1-2-6-19(7-3-1)20-9-11-25(12-10-20)16-18-5-4-8-21(13-18)22-14-23-17-24-15-22/h1-3,6-9,14-15,17-18H,4-5,10-13,16H2/t18-/m1/s1. The fourth-order valence-corrected chi connectivity index (χ4v) is 4.00. The average molecular weight is 331 g/mol. The molecule has 128 valence electrons. The minimum atomic E-state index is 0.742.